The number of primary amides is 1. The van der Waals surface area contributed by atoms with Crippen LogP contribution in [0.4, 0.5) is 5.69 Å². The van der Waals surface area contributed by atoms with E-state index in [1.54, 1.807) is 43.3 Å². The van der Waals surface area contributed by atoms with E-state index in [0.29, 0.717) is 22.6 Å². The topological polar surface area (TPSA) is 89.7 Å². The number of ether oxygens (including phenoxy) is 1. The Morgan fingerprint density at radius 2 is 1.96 bits per heavy atom. The molecule has 7 heteroatoms. The van der Waals surface area contributed by atoms with Crippen molar-refractivity contribution < 1.29 is 17.9 Å². The van der Waals surface area contributed by atoms with Crippen molar-refractivity contribution in [2.45, 2.75) is 17.7 Å². The number of carbonyl (C=O) groups is 1. The highest BCUT2D eigenvalue weighted by atomic mass is 32.2. The van der Waals surface area contributed by atoms with Crippen LogP contribution in [0.3, 0.4) is 0 Å². The van der Waals surface area contributed by atoms with Crippen LogP contribution in [-0.4, -0.2) is 28.0 Å². The van der Waals surface area contributed by atoms with E-state index in [0.717, 1.165) is 0 Å². The summed E-state index contributed by atoms with van der Waals surface area (Å²) in [6.07, 6.45) is 0. The first-order chi connectivity index (χ1) is 11.4. The van der Waals surface area contributed by atoms with Crippen LogP contribution in [0.15, 0.2) is 47.4 Å². The van der Waals surface area contributed by atoms with E-state index in [1.807, 2.05) is 0 Å². The summed E-state index contributed by atoms with van der Waals surface area (Å²) in [5.41, 5.74) is 7.16. The number of hydrogen-bond donors (Lipinski definition) is 1. The Hall–Kier alpha value is -2.54. The highest BCUT2D eigenvalue weighted by Crippen LogP contribution is 2.40. The van der Waals surface area contributed by atoms with Gasteiger partial charge in [0.25, 0.3) is 10.0 Å². The number of benzene rings is 2. The van der Waals surface area contributed by atoms with Gasteiger partial charge in [-0.05, 0) is 42.3 Å². The first-order valence-electron chi connectivity index (χ1n) is 7.42. The van der Waals surface area contributed by atoms with Crippen molar-refractivity contribution in [3.63, 3.8) is 0 Å². The minimum Gasteiger partial charge on any atom is -0.497 e. The van der Waals surface area contributed by atoms with Crippen molar-refractivity contribution in [3.8, 4) is 5.75 Å². The molecule has 2 aromatic rings. The molecule has 1 amide bonds. The SMILES string of the molecule is COc1ccc(S(=O)(=O)N2C[C@H](C(N)=O)c3ccccc32)c(C)c1. The second-order valence-electron chi connectivity index (χ2n) is 5.68. The lowest BCUT2D eigenvalue weighted by Crippen LogP contribution is -2.33. The van der Waals surface area contributed by atoms with Crippen LogP contribution in [0.1, 0.15) is 17.0 Å². The number of anilines is 1. The molecule has 0 saturated heterocycles. The molecule has 1 atom stereocenters. The molecule has 0 bridgehead atoms. The molecule has 2 aromatic carbocycles. The minimum atomic E-state index is -3.80. The average molecular weight is 346 g/mol. The molecule has 0 fully saturated rings. The van der Waals surface area contributed by atoms with Gasteiger partial charge in [-0.2, -0.15) is 0 Å². The smallest absolute Gasteiger partial charge is 0.264 e. The van der Waals surface area contributed by atoms with Crippen molar-refractivity contribution in [2.75, 3.05) is 18.0 Å². The van der Waals surface area contributed by atoms with E-state index >= 15 is 0 Å². The summed E-state index contributed by atoms with van der Waals surface area (Å²) in [5.74, 6) is -0.593. The summed E-state index contributed by atoms with van der Waals surface area (Å²) in [6, 6.07) is 11.7. The van der Waals surface area contributed by atoms with Gasteiger partial charge >= 0.3 is 0 Å². The molecule has 6 nitrogen and oxygen atoms in total. The van der Waals surface area contributed by atoms with Gasteiger partial charge < -0.3 is 10.5 Å². The van der Waals surface area contributed by atoms with E-state index < -0.39 is 21.8 Å². The number of aryl methyl sites for hydroxylation is 1. The lowest BCUT2D eigenvalue weighted by molar-refractivity contribution is -0.119. The van der Waals surface area contributed by atoms with Crippen LogP contribution in [0.5, 0.6) is 5.75 Å². The van der Waals surface area contributed by atoms with E-state index in [4.69, 9.17) is 10.5 Å². The van der Waals surface area contributed by atoms with E-state index in [-0.39, 0.29) is 11.4 Å². The van der Waals surface area contributed by atoms with Gasteiger partial charge in [-0.15, -0.1) is 0 Å². The maximum Gasteiger partial charge on any atom is 0.264 e. The molecular weight excluding hydrogens is 328 g/mol. The molecule has 24 heavy (non-hydrogen) atoms. The van der Waals surface area contributed by atoms with Crippen LogP contribution in [0, 0.1) is 6.92 Å². The molecule has 1 aliphatic heterocycles. The third-order valence-corrected chi connectivity index (χ3v) is 6.16. The van der Waals surface area contributed by atoms with Gasteiger partial charge in [-0.25, -0.2) is 8.42 Å². The van der Waals surface area contributed by atoms with Gasteiger partial charge in [0, 0.05) is 0 Å². The van der Waals surface area contributed by atoms with E-state index in [1.165, 1.54) is 17.5 Å². The van der Waals surface area contributed by atoms with Gasteiger partial charge in [0.05, 0.1) is 30.2 Å². The number of rotatable bonds is 4. The van der Waals surface area contributed by atoms with Crippen LogP contribution >= 0.6 is 0 Å². The Bertz CT molecular complexity index is 909. The highest BCUT2D eigenvalue weighted by molar-refractivity contribution is 7.93. The second kappa shape index (κ2) is 5.83. The summed E-state index contributed by atoms with van der Waals surface area (Å²) < 4.78 is 32.6. The quantitative estimate of drug-likeness (QED) is 0.914. The highest BCUT2D eigenvalue weighted by Gasteiger charge is 2.39. The lowest BCUT2D eigenvalue weighted by Gasteiger charge is -2.21. The summed E-state index contributed by atoms with van der Waals surface area (Å²) in [7, 11) is -2.28. The van der Waals surface area contributed by atoms with Gasteiger partial charge in [0.15, 0.2) is 0 Å². The maximum absolute atomic E-state index is 13.1. The zero-order chi connectivity index (χ0) is 17.5. The molecule has 1 heterocycles. The number of para-hydroxylation sites is 1. The standard InChI is InChI=1S/C17H18N2O4S/c1-11-9-12(23-2)7-8-16(11)24(21,22)19-10-14(17(18)20)13-5-3-4-6-15(13)19/h3-9,14H,10H2,1-2H3,(H2,18,20)/t14-/m0/s1. The molecule has 3 rings (SSSR count). The van der Waals surface area contributed by atoms with Gasteiger partial charge in [0.1, 0.15) is 5.75 Å². The predicted octanol–water partition coefficient (Wildman–Crippen LogP) is 1.78. The second-order valence-corrected chi connectivity index (χ2v) is 7.51. The number of nitrogens with zero attached hydrogens (tertiary/aromatic N) is 1. The fourth-order valence-electron chi connectivity index (χ4n) is 3.00. The Balaban J connectivity index is 2.10. The van der Waals surface area contributed by atoms with Crippen molar-refractivity contribution in [1.29, 1.82) is 0 Å². The normalized spacial score (nSPS) is 16.8. The first-order valence-corrected chi connectivity index (χ1v) is 8.86. The molecule has 0 aromatic heterocycles. The third-order valence-electron chi connectivity index (χ3n) is 4.22. The number of carbonyl (C=O) groups excluding carboxylic acids is 1. The Morgan fingerprint density at radius 3 is 2.58 bits per heavy atom. The van der Waals surface area contributed by atoms with Crippen LogP contribution in [0.2, 0.25) is 0 Å². The van der Waals surface area contributed by atoms with E-state index in [2.05, 4.69) is 0 Å². The Labute approximate surface area is 140 Å². The number of methoxy groups -OCH3 is 1. The van der Waals surface area contributed by atoms with Gasteiger partial charge in [-0.3, -0.25) is 9.10 Å². The molecule has 0 radical (unpaired) electrons. The summed E-state index contributed by atoms with van der Waals surface area (Å²) in [5, 5.41) is 0. The fourth-order valence-corrected chi connectivity index (χ4v) is 4.71. The largest absolute Gasteiger partial charge is 0.497 e. The summed E-state index contributed by atoms with van der Waals surface area (Å²) in [4.78, 5) is 11.9. The van der Waals surface area contributed by atoms with Gasteiger partial charge in [-0.1, -0.05) is 18.2 Å². The number of nitrogens with two attached hydrogens (primary N) is 1. The van der Waals surface area contributed by atoms with Crippen molar-refractivity contribution >= 4 is 21.6 Å². The number of fused-ring (bicyclic) bond motifs is 1. The zero-order valence-electron chi connectivity index (χ0n) is 13.4. The predicted molar refractivity (Wildman–Crippen MR) is 90.6 cm³/mol. The molecule has 126 valence electrons. The van der Waals surface area contributed by atoms with Crippen molar-refractivity contribution in [3.05, 3.63) is 53.6 Å². The molecule has 0 saturated carbocycles. The number of sulfonamides is 1. The maximum atomic E-state index is 13.1. The van der Waals surface area contributed by atoms with Crippen molar-refractivity contribution in [1.82, 2.24) is 0 Å². The third kappa shape index (κ3) is 2.50. The van der Waals surface area contributed by atoms with Gasteiger partial charge in [0.2, 0.25) is 5.91 Å². The monoisotopic (exact) mass is 346 g/mol. The molecule has 0 unspecified atom stereocenters. The molecule has 2 N–H and O–H groups in total. The fraction of sp³-hybridized carbons (Fsp3) is 0.235. The molecule has 1 aliphatic rings. The summed E-state index contributed by atoms with van der Waals surface area (Å²) >= 11 is 0. The van der Waals surface area contributed by atoms with E-state index in [9.17, 15) is 13.2 Å². The Kier molecular flexibility index (Phi) is 3.96. The van der Waals surface area contributed by atoms with Crippen molar-refractivity contribution in [2.24, 2.45) is 5.73 Å². The van der Waals surface area contributed by atoms with Crippen LogP contribution < -0.4 is 14.8 Å². The zero-order valence-corrected chi connectivity index (χ0v) is 14.2. The molecular formula is C17H18N2O4S. The first kappa shape index (κ1) is 16.3. The number of hydrogen-bond acceptors (Lipinski definition) is 4. The number of amides is 1. The lowest BCUT2D eigenvalue weighted by atomic mass is 10.0. The minimum absolute atomic E-state index is 0.0164. The van der Waals surface area contributed by atoms with Crippen LogP contribution in [-0.2, 0) is 14.8 Å². The average Bonchev–Trinajstić information content (AvgIpc) is 2.95. The summed E-state index contributed by atoms with van der Waals surface area (Å²) in [6.45, 7) is 1.73. The van der Waals surface area contributed by atoms with Crippen LogP contribution in [0.25, 0.3) is 0 Å². The molecule has 0 spiro atoms. The molecule has 0 aliphatic carbocycles. The Morgan fingerprint density at radius 1 is 1.25 bits per heavy atom.